The number of amides is 1. The number of hydrogen-bond donors (Lipinski definition) is 3. The Labute approximate surface area is 165 Å². The molecule has 1 aromatic rings. The summed E-state index contributed by atoms with van der Waals surface area (Å²) < 4.78 is 37.5. The van der Waals surface area contributed by atoms with Crippen molar-refractivity contribution < 1.29 is 18.0 Å². The molecule has 0 radical (unpaired) electrons. The van der Waals surface area contributed by atoms with Gasteiger partial charge in [0.1, 0.15) is 6.54 Å². The molecule has 0 spiro atoms. The van der Waals surface area contributed by atoms with E-state index >= 15 is 0 Å². The van der Waals surface area contributed by atoms with Gasteiger partial charge in [0.2, 0.25) is 5.91 Å². The summed E-state index contributed by atoms with van der Waals surface area (Å²) in [6.45, 7) is 2.89. The van der Waals surface area contributed by atoms with Gasteiger partial charge in [-0.25, -0.2) is 9.98 Å². The molecule has 1 aliphatic carbocycles. The van der Waals surface area contributed by atoms with Crippen molar-refractivity contribution in [3.8, 4) is 0 Å². The Morgan fingerprint density at radius 1 is 1.40 bits per heavy atom. The molecular weight excluding hydrogens is 470 g/mol. The van der Waals surface area contributed by atoms with E-state index in [1.165, 1.54) is 0 Å². The topological polar surface area (TPSA) is 78.4 Å². The molecule has 1 aromatic heterocycles. The van der Waals surface area contributed by atoms with Crippen LogP contribution >= 0.6 is 35.3 Å². The second-order valence-electron chi connectivity index (χ2n) is 5.34. The first-order valence-corrected chi connectivity index (χ1v) is 8.59. The zero-order valence-corrected chi connectivity index (χ0v) is 16.8. The average Bonchev–Trinajstić information content (AvgIpc) is 3.17. The van der Waals surface area contributed by atoms with Crippen LogP contribution < -0.4 is 16.0 Å². The Bertz CT molecular complexity index is 589. The monoisotopic (exact) mass is 491 g/mol. The Hall–Kier alpha value is -1.11. The highest BCUT2D eigenvalue weighted by atomic mass is 127. The van der Waals surface area contributed by atoms with Gasteiger partial charge in [0, 0.05) is 30.9 Å². The molecule has 0 unspecified atom stereocenters. The van der Waals surface area contributed by atoms with Gasteiger partial charge in [-0.2, -0.15) is 13.2 Å². The van der Waals surface area contributed by atoms with E-state index in [1.54, 1.807) is 0 Å². The number of rotatable bonds is 7. The van der Waals surface area contributed by atoms with Gasteiger partial charge in [-0.05, 0) is 19.8 Å². The summed E-state index contributed by atoms with van der Waals surface area (Å²) in [5.41, 5.74) is -0.861. The summed E-state index contributed by atoms with van der Waals surface area (Å²) in [4.78, 5) is 19.3. The van der Waals surface area contributed by atoms with Crippen molar-refractivity contribution in [1.29, 1.82) is 0 Å². The van der Waals surface area contributed by atoms with Crippen LogP contribution in [0, 0.1) is 0 Å². The van der Waals surface area contributed by atoms with Crippen molar-refractivity contribution in [3.63, 3.8) is 0 Å². The third kappa shape index (κ3) is 8.21. The molecule has 25 heavy (non-hydrogen) atoms. The van der Waals surface area contributed by atoms with Crippen LogP contribution in [0.1, 0.15) is 30.5 Å². The average molecular weight is 491 g/mol. The molecule has 0 aromatic carbocycles. The predicted molar refractivity (Wildman–Crippen MR) is 101 cm³/mol. The third-order valence-corrected chi connectivity index (χ3v) is 4.05. The van der Waals surface area contributed by atoms with E-state index in [0.29, 0.717) is 30.5 Å². The minimum atomic E-state index is -4.41. The van der Waals surface area contributed by atoms with Gasteiger partial charge in [-0.15, -0.1) is 35.3 Å². The zero-order valence-electron chi connectivity index (χ0n) is 13.7. The first kappa shape index (κ1) is 21.9. The van der Waals surface area contributed by atoms with Crippen molar-refractivity contribution in [2.45, 2.75) is 38.4 Å². The van der Waals surface area contributed by atoms with Crippen LogP contribution in [0.25, 0.3) is 0 Å². The fourth-order valence-corrected chi connectivity index (χ4v) is 2.64. The van der Waals surface area contributed by atoms with Crippen molar-refractivity contribution in [2.75, 3.05) is 19.6 Å². The summed E-state index contributed by atoms with van der Waals surface area (Å²) in [6.07, 6.45) is -2.03. The minimum absolute atomic E-state index is 0. The molecule has 0 atom stereocenters. The standard InChI is InChI=1S/C14H20F3N5OS.HI/c1-2-18-13(20-7-11(23)21-9-3-4-9)19-6-5-12-22-10(8-24-12)14(15,16)17;/h8-9H,2-7H2,1H3,(H,21,23)(H2,18,19,20);1H. The number of alkyl halides is 3. The van der Waals surface area contributed by atoms with E-state index in [1.807, 2.05) is 6.92 Å². The number of aliphatic imine (C=N–C) groups is 1. The lowest BCUT2D eigenvalue weighted by Crippen LogP contribution is -2.39. The third-order valence-electron chi connectivity index (χ3n) is 3.14. The fourth-order valence-electron chi connectivity index (χ4n) is 1.84. The first-order chi connectivity index (χ1) is 11.4. The van der Waals surface area contributed by atoms with E-state index in [2.05, 4.69) is 25.9 Å². The molecule has 1 saturated carbocycles. The number of halogens is 4. The molecule has 142 valence electrons. The van der Waals surface area contributed by atoms with Crippen LogP contribution in [0.4, 0.5) is 13.2 Å². The number of hydrogen-bond acceptors (Lipinski definition) is 4. The Morgan fingerprint density at radius 3 is 2.68 bits per heavy atom. The van der Waals surface area contributed by atoms with Crippen molar-refractivity contribution in [2.24, 2.45) is 4.99 Å². The summed E-state index contributed by atoms with van der Waals surface area (Å²) in [7, 11) is 0. The summed E-state index contributed by atoms with van der Waals surface area (Å²) in [5.74, 6) is 0.320. The highest BCUT2D eigenvalue weighted by molar-refractivity contribution is 14.0. The van der Waals surface area contributed by atoms with E-state index in [-0.39, 0.29) is 42.5 Å². The van der Waals surface area contributed by atoms with Gasteiger partial charge in [-0.1, -0.05) is 0 Å². The van der Waals surface area contributed by atoms with Gasteiger partial charge in [-0.3, -0.25) is 4.79 Å². The molecule has 0 saturated heterocycles. The van der Waals surface area contributed by atoms with Crippen molar-refractivity contribution in [1.82, 2.24) is 20.9 Å². The minimum Gasteiger partial charge on any atom is -0.357 e. The van der Waals surface area contributed by atoms with E-state index in [9.17, 15) is 18.0 Å². The second kappa shape index (κ2) is 10.1. The molecule has 0 bridgehead atoms. The molecule has 1 aliphatic rings. The number of thiazole rings is 1. The van der Waals surface area contributed by atoms with Crippen LogP contribution in [-0.4, -0.2) is 42.5 Å². The molecule has 3 N–H and O–H groups in total. The zero-order chi connectivity index (χ0) is 17.6. The maximum atomic E-state index is 12.5. The maximum Gasteiger partial charge on any atom is 0.434 e. The summed E-state index contributed by atoms with van der Waals surface area (Å²) in [6, 6.07) is 0.288. The van der Waals surface area contributed by atoms with Crippen molar-refractivity contribution in [3.05, 3.63) is 16.1 Å². The van der Waals surface area contributed by atoms with Gasteiger partial charge >= 0.3 is 6.18 Å². The van der Waals surface area contributed by atoms with Crippen LogP contribution in [-0.2, 0) is 17.4 Å². The lowest BCUT2D eigenvalue weighted by atomic mass is 10.4. The molecule has 0 aliphatic heterocycles. The molecular formula is C14H21F3IN5OS. The van der Waals surface area contributed by atoms with Crippen LogP contribution in [0.3, 0.4) is 0 Å². The number of guanidine groups is 1. The summed E-state index contributed by atoms with van der Waals surface area (Å²) in [5, 5.41) is 10.2. The number of nitrogens with one attached hydrogen (secondary N) is 3. The van der Waals surface area contributed by atoms with E-state index in [0.717, 1.165) is 29.6 Å². The molecule has 11 heteroatoms. The molecule has 6 nitrogen and oxygen atoms in total. The molecule has 2 rings (SSSR count). The van der Waals surface area contributed by atoms with Gasteiger partial charge in [0.15, 0.2) is 11.7 Å². The molecule has 1 amide bonds. The van der Waals surface area contributed by atoms with Gasteiger partial charge < -0.3 is 16.0 Å². The maximum absolute atomic E-state index is 12.5. The predicted octanol–water partition coefficient (Wildman–Crippen LogP) is 2.16. The number of carbonyl (C=O) groups is 1. The molecule has 1 fully saturated rings. The quantitative estimate of drug-likeness (QED) is 0.311. The Morgan fingerprint density at radius 2 is 2.12 bits per heavy atom. The smallest absolute Gasteiger partial charge is 0.357 e. The first-order valence-electron chi connectivity index (χ1n) is 7.71. The van der Waals surface area contributed by atoms with Crippen LogP contribution in [0.5, 0.6) is 0 Å². The SMILES string of the molecule is CCNC(=NCC(=O)NC1CC1)NCCc1nc(C(F)(F)F)cs1.I. The second-order valence-corrected chi connectivity index (χ2v) is 6.28. The van der Waals surface area contributed by atoms with Crippen molar-refractivity contribution >= 4 is 47.2 Å². The van der Waals surface area contributed by atoms with Gasteiger partial charge in [0.25, 0.3) is 0 Å². The van der Waals surface area contributed by atoms with E-state index in [4.69, 9.17) is 0 Å². The number of aromatic nitrogens is 1. The van der Waals surface area contributed by atoms with Crippen LogP contribution in [0.2, 0.25) is 0 Å². The fraction of sp³-hybridized carbons (Fsp3) is 0.643. The highest BCUT2D eigenvalue weighted by Gasteiger charge is 2.33. The summed E-state index contributed by atoms with van der Waals surface area (Å²) >= 11 is 0.978. The Kier molecular flexibility index (Phi) is 8.89. The lowest BCUT2D eigenvalue weighted by Gasteiger charge is -2.10. The van der Waals surface area contributed by atoms with Gasteiger partial charge in [0.05, 0.1) is 5.01 Å². The lowest BCUT2D eigenvalue weighted by molar-refractivity contribution is -0.140. The van der Waals surface area contributed by atoms with E-state index < -0.39 is 11.9 Å². The number of nitrogens with zero attached hydrogens (tertiary/aromatic N) is 2. The number of carbonyl (C=O) groups excluding carboxylic acids is 1. The largest absolute Gasteiger partial charge is 0.434 e. The molecule has 1 heterocycles. The highest BCUT2D eigenvalue weighted by Crippen LogP contribution is 2.29. The Balaban J connectivity index is 0.00000312. The van der Waals surface area contributed by atoms with Crippen LogP contribution in [0.15, 0.2) is 10.4 Å². The normalized spacial score (nSPS) is 14.6.